The molecule has 0 fully saturated rings. The topological polar surface area (TPSA) is 134 Å². The first-order chi connectivity index (χ1) is 9.90. The Kier molecular flexibility index (Phi) is 4.03. The van der Waals surface area contributed by atoms with Crippen molar-refractivity contribution in [1.82, 2.24) is 4.98 Å². The summed E-state index contributed by atoms with van der Waals surface area (Å²) in [5, 5.41) is 11.1. The van der Waals surface area contributed by atoms with Crippen molar-refractivity contribution in [1.29, 1.82) is 0 Å². The lowest BCUT2D eigenvalue weighted by atomic mass is 10.2. The molecule has 2 rings (SSSR count). The average Bonchev–Trinajstić information content (AvgIpc) is 2.42. The Morgan fingerprint density at radius 2 is 2.10 bits per heavy atom. The Morgan fingerprint density at radius 3 is 2.67 bits per heavy atom. The molecule has 21 heavy (non-hydrogen) atoms. The van der Waals surface area contributed by atoms with Gasteiger partial charge in [-0.3, -0.25) is 19.9 Å². The van der Waals surface area contributed by atoms with Gasteiger partial charge in [0, 0.05) is 17.8 Å². The lowest BCUT2D eigenvalue weighted by molar-refractivity contribution is -0.385. The van der Waals surface area contributed by atoms with Crippen molar-refractivity contribution in [3.05, 3.63) is 50.7 Å². The summed E-state index contributed by atoms with van der Waals surface area (Å²) < 4.78 is 5.90. The summed E-state index contributed by atoms with van der Waals surface area (Å²) in [4.78, 5) is 25.3. The number of anilines is 1. The van der Waals surface area contributed by atoms with Gasteiger partial charge in [-0.15, -0.1) is 0 Å². The Labute approximate surface area is 127 Å². The van der Waals surface area contributed by atoms with Crippen LogP contribution < -0.4 is 16.2 Å². The molecule has 0 spiro atoms. The van der Waals surface area contributed by atoms with Crippen molar-refractivity contribution in [3.63, 3.8) is 0 Å². The zero-order valence-electron chi connectivity index (χ0n) is 10.4. The molecule has 0 radical (unpaired) electrons. The van der Waals surface area contributed by atoms with Crippen LogP contribution in [0, 0.1) is 10.1 Å². The molecule has 0 atom stereocenters. The maximum absolute atomic E-state index is 11.1. The number of rotatable bonds is 4. The number of primary amides is 1. The van der Waals surface area contributed by atoms with Gasteiger partial charge in [-0.25, -0.2) is 0 Å². The highest BCUT2D eigenvalue weighted by Gasteiger charge is 2.20. The summed E-state index contributed by atoms with van der Waals surface area (Å²) in [6.45, 7) is 0. The number of halogens is 1. The molecular formula is C12H9BrN4O4. The van der Waals surface area contributed by atoms with Crippen LogP contribution in [-0.2, 0) is 0 Å². The van der Waals surface area contributed by atoms with E-state index in [1.54, 1.807) is 0 Å². The first kappa shape index (κ1) is 14.7. The van der Waals surface area contributed by atoms with Crippen LogP contribution in [0.2, 0.25) is 0 Å². The van der Waals surface area contributed by atoms with E-state index >= 15 is 0 Å². The molecule has 0 unspecified atom stereocenters. The number of nitrogens with two attached hydrogens (primary N) is 2. The number of nitrogen functional groups attached to an aromatic ring is 1. The zero-order chi connectivity index (χ0) is 15.6. The largest absolute Gasteiger partial charge is 0.447 e. The lowest BCUT2D eigenvalue weighted by Crippen LogP contribution is -2.11. The van der Waals surface area contributed by atoms with Gasteiger partial charge in [0.1, 0.15) is 0 Å². The summed E-state index contributed by atoms with van der Waals surface area (Å²) in [5.74, 6) is -0.641. The fourth-order valence-electron chi connectivity index (χ4n) is 1.56. The monoisotopic (exact) mass is 352 g/mol. The minimum atomic E-state index is -0.769. The van der Waals surface area contributed by atoms with Gasteiger partial charge in [0.15, 0.2) is 5.75 Å². The summed E-state index contributed by atoms with van der Waals surface area (Å²) in [6, 6.07) is 3.66. The quantitative estimate of drug-likeness (QED) is 0.639. The van der Waals surface area contributed by atoms with E-state index in [1.165, 1.54) is 24.5 Å². The summed E-state index contributed by atoms with van der Waals surface area (Å²) in [7, 11) is 0. The number of aromatic nitrogens is 1. The first-order valence-electron chi connectivity index (χ1n) is 5.55. The van der Waals surface area contributed by atoms with Crippen LogP contribution in [0.5, 0.6) is 11.5 Å². The number of carbonyl (C=O) groups excluding carboxylic acids is 1. The molecule has 2 aromatic rings. The van der Waals surface area contributed by atoms with Crippen LogP contribution in [0.25, 0.3) is 0 Å². The number of nitro groups is 1. The first-order valence-corrected chi connectivity index (χ1v) is 6.34. The number of nitrogens with zero attached hydrogens (tertiary/aromatic N) is 2. The molecule has 0 aliphatic rings. The Hall–Kier alpha value is -2.68. The summed E-state index contributed by atoms with van der Waals surface area (Å²) in [6.07, 6.45) is 2.79. The van der Waals surface area contributed by atoms with E-state index in [0.29, 0.717) is 4.47 Å². The summed E-state index contributed by atoms with van der Waals surface area (Å²) >= 11 is 3.19. The highest BCUT2D eigenvalue weighted by Crippen LogP contribution is 2.38. The highest BCUT2D eigenvalue weighted by atomic mass is 79.9. The number of hydrogen-bond donors (Lipinski definition) is 2. The van der Waals surface area contributed by atoms with Crippen LogP contribution in [-0.4, -0.2) is 15.8 Å². The predicted molar refractivity (Wildman–Crippen MR) is 78.0 cm³/mol. The van der Waals surface area contributed by atoms with Gasteiger partial charge < -0.3 is 16.2 Å². The smallest absolute Gasteiger partial charge is 0.312 e. The zero-order valence-corrected chi connectivity index (χ0v) is 12.0. The van der Waals surface area contributed by atoms with Gasteiger partial charge in [-0.1, -0.05) is 0 Å². The normalized spacial score (nSPS) is 10.1. The maximum Gasteiger partial charge on any atom is 0.312 e. The minimum absolute atomic E-state index is 0.0100. The van der Waals surface area contributed by atoms with E-state index in [1.807, 2.05) is 0 Å². The van der Waals surface area contributed by atoms with E-state index in [2.05, 4.69) is 20.9 Å². The molecular weight excluding hydrogens is 344 g/mol. The maximum atomic E-state index is 11.1. The number of pyridine rings is 1. The van der Waals surface area contributed by atoms with Gasteiger partial charge in [-0.2, -0.15) is 0 Å². The number of amides is 1. The Morgan fingerprint density at radius 1 is 1.38 bits per heavy atom. The number of benzene rings is 1. The molecule has 1 aromatic carbocycles. The molecule has 1 aromatic heterocycles. The van der Waals surface area contributed by atoms with Crippen molar-refractivity contribution in [2.75, 3.05) is 5.73 Å². The molecule has 0 saturated heterocycles. The second-order valence-electron chi connectivity index (χ2n) is 3.95. The fourth-order valence-corrected chi connectivity index (χ4v) is 1.98. The lowest BCUT2D eigenvalue weighted by Gasteiger charge is -2.10. The van der Waals surface area contributed by atoms with Crippen molar-refractivity contribution in [2.24, 2.45) is 5.73 Å². The molecule has 0 aliphatic heterocycles. The molecule has 108 valence electrons. The summed E-state index contributed by atoms with van der Waals surface area (Å²) in [5.41, 5.74) is 10.6. The van der Waals surface area contributed by atoms with Crippen LogP contribution >= 0.6 is 15.9 Å². The van der Waals surface area contributed by atoms with E-state index in [0.717, 1.165) is 6.07 Å². The molecule has 0 aliphatic carbocycles. The molecule has 0 saturated carbocycles. The number of carbonyl (C=O) groups is 1. The minimum Gasteiger partial charge on any atom is -0.447 e. The predicted octanol–water partition coefficient (Wildman–Crippen LogP) is 2.23. The molecule has 0 bridgehead atoms. The Balaban J connectivity index is 2.49. The van der Waals surface area contributed by atoms with Gasteiger partial charge in [0.05, 0.1) is 21.3 Å². The van der Waals surface area contributed by atoms with Crippen LogP contribution in [0.4, 0.5) is 11.4 Å². The second-order valence-corrected chi connectivity index (χ2v) is 4.80. The molecule has 1 heterocycles. The molecule has 4 N–H and O–H groups in total. The SMILES string of the molecule is NC(=O)c1ccc(Oc2c(N)cncc2Br)c([N+](=O)[O-])c1. The van der Waals surface area contributed by atoms with E-state index < -0.39 is 16.5 Å². The van der Waals surface area contributed by atoms with Gasteiger partial charge in [0.2, 0.25) is 11.7 Å². The third-order valence-electron chi connectivity index (χ3n) is 2.53. The standard InChI is InChI=1S/C12H9BrN4O4/c13-7-4-16-5-8(14)11(7)21-10-2-1-6(12(15)18)3-9(10)17(19)20/h1-5H,14H2,(H2,15,18). The second kappa shape index (κ2) is 5.75. The fraction of sp³-hybridized carbons (Fsp3) is 0. The van der Waals surface area contributed by atoms with Crippen molar-refractivity contribution in [3.8, 4) is 11.5 Å². The van der Waals surface area contributed by atoms with Gasteiger partial charge >= 0.3 is 5.69 Å². The number of nitro benzene ring substituents is 1. The van der Waals surface area contributed by atoms with Crippen LogP contribution in [0.15, 0.2) is 35.1 Å². The van der Waals surface area contributed by atoms with Crippen LogP contribution in [0.1, 0.15) is 10.4 Å². The van der Waals surface area contributed by atoms with Gasteiger partial charge in [0.25, 0.3) is 0 Å². The third-order valence-corrected chi connectivity index (χ3v) is 3.10. The van der Waals surface area contributed by atoms with Crippen molar-refractivity contribution in [2.45, 2.75) is 0 Å². The van der Waals surface area contributed by atoms with E-state index in [-0.39, 0.29) is 22.7 Å². The van der Waals surface area contributed by atoms with Crippen molar-refractivity contribution < 1.29 is 14.5 Å². The Bertz CT molecular complexity index is 715. The molecule has 1 amide bonds. The molecule has 8 nitrogen and oxygen atoms in total. The highest BCUT2D eigenvalue weighted by molar-refractivity contribution is 9.10. The third kappa shape index (κ3) is 3.08. The van der Waals surface area contributed by atoms with Crippen molar-refractivity contribution >= 4 is 33.2 Å². The molecule has 9 heteroatoms. The average molecular weight is 353 g/mol. The van der Waals surface area contributed by atoms with E-state index in [9.17, 15) is 14.9 Å². The number of hydrogen-bond acceptors (Lipinski definition) is 6. The van der Waals surface area contributed by atoms with Crippen LogP contribution in [0.3, 0.4) is 0 Å². The van der Waals surface area contributed by atoms with E-state index in [4.69, 9.17) is 16.2 Å². The number of ether oxygens (including phenoxy) is 1. The van der Waals surface area contributed by atoms with Gasteiger partial charge in [-0.05, 0) is 28.1 Å².